The molecular weight excluding hydrogens is 266 g/mol. The van der Waals surface area contributed by atoms with E-state index in [0.717, 1.165) is 49.4 Å². The third-order valence-corrected chi connectivity index (χ3v) is 3.51. The Balaban J connectivity index is 2.83. The van der Waals surface area contributed by atoms with Crippen LogP contribution in [0, 0.1) is 0 Å². The molecule has 21 heavy (non-hydrogen) atoms. The molecule has 0 aliphatic heterocycles. The van der Waals surface area contributed by atoms with Crippen molar-refractivity contribution in [2.45, 2.75) is 45.8 Å². The highest BCUT2D eigenvalue weighted by Crippen LogP contribution is 2.31. The number of aliphatic hydroxyl groups is 1. The monoisotopic (exact) mass is 295 g/mol. The lowest BCUT2D eigenvalue weighted by molar-refractivity contribution is 0.100. The molecule has 1 aromatic carbocycles. The Kier molecular flexibility index (Phi) is 8.16. The summed E-state index contributed by atoms with van der Waals surface area (Å²) in [4.78, 5) is 2.28. The predicted octanol–water partition coefficient (Wildman–Crippen LogP) is 3.08. The topological polar surface area (TPSA) is 41.9 Å². The van der Waals surface area contributed by atoms with E-state index < -0.39 is 0 Å². The van der Waals surface area contributed by atoms with Crippen LogP contribution in [0.15, 0.2) is 18.2 Å². The van der Waals surface area contributed by atoms with Crippen molar-refractivity contribution in [3.8, 4) is 11.5 Å². The fourth-order valence-electron chi connectivity index (χ4n) is 2.59. The zero-order valence-electron chi connectivity index (χ0n) is 13.8. The summed E-state index contributed by atoms with van der Waals surface area (Å²) in [5.74, 6) is 1.53. The largest absolute Gasteiger partial charge is 0.493 e. The van der Waals surface area contributed by atoms with E-state index in [9.17, 15) is 5.11 Å². The van der Waals surface area contributed by atoms with Crippen molar-refractivity contribution in [2.75, 3.05) is 27.3 Å². The van der Waals surface area contributed by atoms with E-state index in [1.54, 1.807) is 14.2 Å². The standard InChI is InChI=1S/C17H29NO3/c1-5-8-15(19)13-18(11-6-2)12-14-9-7-10-16(20-3)17(14)21-4/h7,9-10,15,19H,5-6,8,11-13H2,1-4H3/t15-/m0/s1. The first-order valence-corrected chi connectivity index (χ1v) is 7.76. The van der Waals surface area contributed by atoms with Crippen molar-refractivity contribution in [1.82, 2.24) is 4.90 Å². The summed E-state index contributed by atoms with van der Waals surface area (Å²) in [7, 11) is 3.31. The number of benzene rings is 1. The first kappa shape index (κ1) is 17.8. The maximum Gasteiger partial charge on any atom is 0.165 e. The van der Waals surface area contributed by atoms with Crippen LogP contribution in [0.1, 0.15) is 38.7 Å². The van der Waals surface area contributed by atoms with Crippen molar-refractivity contribution >= 4 is 0 Å². The summed E-state index contributed by atoms with van der Waals surface area (Å²) in [6, 6.07) is 5.93. The van der Waals surface area contributed by atoms with Gasteiger partial charge in [0.25, 0.3) is 0 Å². The van der Waals surface area contributed by atoms with Gasteiger partial charge in [0.1, 0.15) is 0 Å². The molecule has 0 unspecified atom stereocenters. The highest BCUT2D eigenvalue weighted by molar-refractivity contribution is 5.46. The van der Waals surface area contributed by atoms with Gasteiger partial charge in [-0.25, -0.2) is 0 Å². The van der Waals surface area contributed by atoms with Crippen LogP contribution in [-0.2, 0) is 6.54 Å². The Morgan fingerprint density at radius 3 is 2.48 bits per heavy atom. The van der Waals surface area contributed by atoms with E-state index in [1.165, 1.54) is 0 Å². The molecule has 0 fully saturated rings. The number of nitrogens with zero attached hydrogens (tertiary/aromatic N) is 1. The van der Waals surface area contributed by atoms with Gasteiger partial charge in [0.2, 0.25) is 0 Å². The van der Waals surface area contributed by atoms with Crippen molar-refractivity contribution in [3.63, 3.8) is 0 Å². The van der Waals surface area contributed by atoms with Gasteiger partial charge in [-0.2, -0.15) is 0 Å². The summed E-state index contributed by atoms with van der Waals surface area (Å²) in [5.41, 5.74) is 1.09. The van der Waals surface area contributed by atoms with Gasteiger partial charge in [-0.15, -0.1) is 0 Å². The van der Waals surface area contributed by atoms with Crippen LogP contribution in [0.5, 0.6) is 11.5 Å². The van der Waals surface area contributed by atoms with Crippen LogP contribution in [-0.4, -0.2) is 43.4 Å². The maximum absolute atomic E-state index is 10.1. The Bertz CT molecular complexity index is 409. The van der Waals surface area contributed by atoms with Gasteiger partial charge in [0, 0.05) is 18.7 Å². The fraction of sp³-hybridized carbons (Fsp3) is 0.647. The number of aliphatic hydroxyl groups excluding tert-OH is 1. The van der Waals surface area contributed by atoms with Crippen LogP contribution in [0.25, 0.3) is 0 Å². The molecule has 4 heteroatoms. The average molecular weight is 295 g/mol. The lowest BCUT2D eigenvalue weighted by Gasteiger charge is -2.25. The van der Waals surface area contributed by atoms with Crippen molar-refractivity contribution in [3.05, 3.63) is 23.8 Å². The minimum atomic E-state index is -0.266. The first-order chi connectivity index (χ1) is 10.2. The number of methoxy groups -OCH3 is 2. The molecule has 0 heterocycles. The SMILES string of the molecule is CCC[C@H](O)CN(CCC)Cc1cccc(OC)c1OC. The Morgan fingerprint density at radius 2 is 1.90 bits per heavy atom. The molecule has 1 atom stereocenters. The second-order valence-corrected chi connectivity index (χ2v) is 5.33. The van der Waals surface area contributed by atoms with Crippen LogP contribution in [0.2, 0.25) is 0 Å². The molecule has 0 amide bonds. The van der Waals surface area contributed by atoms with Crippen LogP contribution in [0.4, 0.5) is 0 Å². The fourth-order valence-corrected chi connectivity index (χ4v) is 2.59. The second-order valence-electron chi connectivity index (χ2n) is 5.33. The van der Waals surface area contributed by atoms with Crippen molar-refractivity contribution in [2.24, 2.45) is 0 Å². The minimum Gasteiger partial charge on any atom is -0.493 e. The zero-order valence-corrected chi connectivity index (χ0v) is 13.8. The Hall–Kier alpha value is -1.26. The average Bonchev–Trinajstić information content (AvgIpc) is 2.47. The summed E-state index contributed by atoms with van der Waals surface area (Å²) in [5, 5.41) is 10.1. The summed E-state index contributed by atoms with van der Waals surface area (Å²) in [6.07, 6.45) is 2.64. The van der Waals surface area contributed by atoms with Crippen LogP contribution >= 0.6 is 0 Å². The lowest BCUT2D eigenvalue weighted by atomic mass is 10.1. The van der Waals surface area contributed by atoms with Gasteiger partial charge < -0.3 is 14.6 Å². The van der Waals surface area contributed by atoms with E-state index >= 15 is 0 Å². The molecule has 0 bridgehead atoms. The molecular formula is C17H29NO3. The molecule has 0 spiro atoms. The molecule has 0 saturated heterocycles. The molecule has 0 aliphatic carbocycles. The highest BCUT2D eigenvalue weighted by atomic mass is 16.5. The third kappa shape index (κ3) is 5.56. The first-order valence-electron chi connectivity index (χ1n) is 7.76. The van der Waals surface area contributed by atoms with Gasteiger partial charge in [0.15, 0.2) is 11.5 Å². The molecule has 4 nitrogen and oxygen atoms in total. The van der Waals surface area contributed by atoms with Crippen LogP contribution < -0.4 is 9.47 Å². The maximum atomic E-state index is 10.1. The number of rotatable bonds is 10. The molecule has 0 radical (unpaired) electrons. The molecule has 0 saturated carbocycles. The van der Waals surface area contributed by atoms with Gasteiger partial charge in [-0.3, -0.25) is 4.90 Å². The van der Waals surface area contributed by atoms with Gasteiger partial charge in [-0.1, -0.05) is 32.4 Å². The van der Waals surface area contributed by atoms with Crippen LogP contribution in [0.3, 0.4) is 0 Å². The smallest absolute Gasteiger partial charge is 0.165 e. The highest BCUT2D eigenvalue weighted by Gasteiger charge is 2.15. The molecule has 120 valence electrons. The van der Waals surface area contributed by atoms with E-state index in [4.69, 9.17) is 9.47 Å². The molecule has 1 rings (SSSR count). The number of hydrogen-bond donors (Lipinski definition) is 1. The summed E-state index contributed by atoms with van der Waals surface area (Å²) in [6.45, 7) is 6.67. The molecule has 0 aromatic heterocycles. The van der Waals surface area contributed by atoms with E-state index in [1.807, 2.05) is 12.1 Å². The summed E-state index contributed by atoms with van der Waals surface area (Å²) < 4.78 is 10.8. The molecule has 0 aliphatic rings. The number of para-hydroxylation sites is 1. The summed E-state index contributed by atoms with van der Waals surface area (Å²) >= 11 is 0. The molecule has 1 aromatic rings. The zero-order chi connectivity index (χ0) is 15.7. The van der Waals surface area contributed by atoms with Gasteiger partial charge >= 0.3 is 0 Å². The Labute approximate surface area is 128 Å². The van der Waals surface area contributed by atoms with E-state index in [2.05, 4.69) is 24.8 Å². The predicted molar refractivity (Wildman–Crippen MR) is 86.0 cm³/mol. The van der Waals surface area contributed by atoms with E-state index in [0.29, 0.717) is 6.54 Å². The Morgan fingerprint density at radius 1 is 1.14 bits per heavy atom. The second kappa shape index (κ2) is 9.64. The third-order valence-electron chi connectivity index (χ3n) is 3.51. The molecule has 1 N–H and O–H groups in total. The van der Waals surface area contributed by atoms with Crippen molar-refractivity contribution in [1.29, 1.82) is 0 Å². The minimum absolute atomic E-state index is 0.266. The van der Waals surface area contributed by atoms with Gasteiger partial charge in [-0.05, 0) is 25.5 Å². The van der Waals surface area contributed by atoms with Crippen molar-refractivity contribution < 1.29 is 14.6 Å². The van der Waals surface area contributed by atoms with Gasteiger partial charge in [0.05, 0.1) is 20.3 Å². The number of hydrogen-bond acceptors (Lipinski definition) is 4. The quantitative estimate of drug-likeness (QED) is 0.720. The lowest BCUT2D eigenvalue weighted by Crippen LogP contribution is -2.32. The normalized spacial score (nSPS) is 12.5. The van der Waals surface area contributed by atoms with E-state index in [-0.39, 0.29) is 6.10 Å². The number of ether oxygens (including phenoxy) is 2.